The summed E-state index contributed by atoms with van der Waals surface area (Å²) in [7, 11) is -4.97. The number of sulfone groups is 1. The van der Waals surface area contributed by atoms with Gasteiger partial charge in [0.15, 0.2) is 9.84 Å². The Hall–Kier alpha value is -0.180. The third-order valence-corrected chi connectivity index (χ3v) is 6.53. The average Bonchev–Trinajstić information content (AvgIpc) is 2.59. The van der Waals surface area contributed by atoms with Gasteiger partial charge >= 0.3 is 0 Å². The van der Waals surface area contributed by atoms with Crippen LogP contribution in [-0.2, 0) is 24.6 Å². The number of ether oxygens (including phenoxy) is 1. The van der Waals surface area contributed by atoms with Crippen molar-refractivity contribution in [2.45, 2.75) is 19.4 Å². The Morgan fingerprint density at radius 2 is 2.06 bits per heavy atom. The van der Waals surface area contributed by atoms with Crippen LogP contribution in [0.1, 0.15) is 13.3 Å². The zero-order valence-corrected chi connectivity index (χ0v) is 11.8. The highest BCUT2D eigenvalue weighted by molar-refractivity contribution is 7.92. The third kappa shape index (κ3) is 3.90. The minimum Gasteiger partial charge on any atom is -0.383 e. The number of nitrogens with zero attached hydrogens (tertiary/aromatic N) is 1. The molecule has 1 unspecified atom stereocenters. The number of methoxy groups -OCH3 is 1. The highest BCUT2D eigenvalue weighted by Gasteiger charge is 2.36. The highest BCUT2D eigenvalue weighted by atomic mass is 32.2. The Labute approximate surface area is 103 Å². The van der Waals surface area contributed by atoms with E-state index in [4.69, 9.17) is 4.74 Å². The lowest BCUT2D eigenvalue weighted by atomic mass is 10.3. The van der Waals surface area contributed by atoms with Crippen LogP contribution in [0.4, 0.5) is 0 Å². The molecule has 1 atom stereocenters. The summed E-state index contributed by atoms with van der Waals surface area (Å²) in [5.41, 5.74) is 0. The molecule has 1 fully saturated rings. The van der Waals surface area contributed by atoms with Gasteiger partial charge in [-0.15, -0.1) is 0 Å². The van der Waals surface area contributed by atoms with E-state index >= 15 is 0 Å². The minimum atomic E-state index is -3.38. The van der Waals surface area contributed by atoms with Crippen LogP contribution in [0.15, 0.2) is 0 Å². The van der Waals surface area contributed by atoms with Crippen LogP contribution < -0.4 is 0 Å². The maximum Gasteiger partial charge on any atom is 0.214 e. The highest BCUT2D eigenvalue weighted by Crippen LogP contribution is 2.20. The van der Waals surface area contributed by atoms with E-state index in [-0.39, 0.29) is 30.4 Å². The normalized spacial score (nSPS) is 24.3. The first-order valence-electron chi connectivity index (χ1n) is 5.51. The number of sulfonamides is 1. The van der Waals surface area contributed by atoms with Gasteiger partial charge in [-0.05, 0) is 13.3 Å². The second kappa shape index (κ2) is 5.64. The fourth-order valence-electron chi connectivity index (χ4n) is 1.90. The van der Waals surface area contributed by atoms with Crippen molar-refractivity contribution < 1.29 is 21.6 Å². The SMILES string of the molecule is CCS(=O)(=O)N(CCOC)C1CCS(=O)(=O)C1. The molecule has 0 radical (unpaired) electrons. The number of hydrogen-bond acceptors (Lipinski definition) is 5. The molecule has 6 nitrogen and oxygen atoms in total. The molecule has 1 saturated heterocycles. The van der Waals surface area contributed by atoms with E-state index in [0.717, 1.165) is 0 Å². The van der Waals surface area contributed by atoms with E-state index in [0.29, 0.717) is 6.42 Å². The van der Waals surface area contributed by atoms with Crippen molar-refractivity contribution in [2.24, 2.45) is 0 Å². The van der Waals surface area contributed by atoms with Crippen molar-refractivity contribution in [3.8, 4) is 0 Å². The first-order valence-corrected chi connectivity index (χ1v) is 8.94. The minimum absolute atomic E-state index is 0.0206. The van der Waals surface area contributed by atoms with Gasteiger partial charge in [0.1, 0.15) is 0 Å². The summed E-state index contributed by atoms with van der Waals surface area (Å²) >= 11 is 0. The fourth-order valence-corrected chi connectivity index (χ4v) is 5.04. The van der Waals surface area contributed by atoms with E-state index in [1.807, 2.05) is 0 Å². The Balaban J connectivity index is 2.85. The van der Waals surface area contributed by atoms with Crippen molar-refractivity contribution in [1.29, 1.82) is 0 Å². The van der Waals surface area contributed by atoms with Crippen LogP contribution in [-0.4, -0.2) is 64.7 Å². The Kier molecular flexibility index (Phi) is 4.94. The molecule has 1 rings (SSSR count). The van der Waals surface area contributed by atoms with E-state index in [2.05, 4.69) is 0 Å². The second-order valence-corrected chi connectivity index (χ2v) is 8.50. The van der Waals surface area contributed by atoms with Crippen molar-refractivity contribution in [2.75, 3.05) is 37.5 Å². The summed E-state index contributed by atoms with van der Waals surface area (Å²) < 4.78 is 52.7. The van der Waals surface area contributed by atoms with Gasteiger partial charge in [-0.2, -0.15) is 4.31 Å². The molecule has 0 amide bonds. The fraction of sp³-hybridized carbons (Fsp3) is 1.00. The standard InChI is InChI=1S/C9H19NO5S2/c1-3-17(13,14)10(5-6-15-2)9-4-7-16(11,12)8-9/h9H,3-8H2,1-2H3. The maximum atomic E-state index is 11.9. The van der Waals surface area contributed by atoms with Crippen LogP contribution in [0.2, 0.25) is 0 Å². The monoisotopic (exact) mass is 285 g/mol. The van der Waals surface area contributed by atoms with E-state index in [1.165, 1.54) is 11.4 Å². The summed E-state index contributed by atoms with van der Waals surface area (Å²) in [6, 6.07) is -0.430. The molecule has 0 aromatic rings. The van der Waals surface area contributed by atoms with E-state index < -0.39 is 25.9 Å². The smallest absolute Gasteiger partial charge is 0.214 e. The molecule has 102 valence electrons. The van der Waals surface area contributed by atoms with Gasteiger partial charge in [-0.25, -0.2) is 16.8 Å². The molecule has 1 heterocycles. The Morgan fingerprint density at radius 3 is 2.47 bits per heavy atom. The van der Waals surface area contributed by atoms with Gasteiger partial charge in [0.05, 0.1) is 23.9 Å². The molecule has 0 bridgehead atoms. The molecule has 0 aliphatic carbocycles. The molecule has 0 aromatic heterocycles. The zero-order chi connectivity index (χ0) is 13.1. The molecule has 1 aliphatic heterocycles. The summed E-state index contributed by atoms with van der Waals surface area (Å²) in [6.45, 7) is 2.04. The molecule has 0 aromatic carbocycles. The van der Waals surface area contributed by atoms with E-state index in [9.17, 15) is 16.8 Å². The topological polar surface area (TPSA) is 80.8 Å². The van der Waals surface area contributed by atoms with Crippen molar-refractivity contribution in [3.05, 3.63) is 0 Å². The average molecular weight is 285 g/mol. The van der Waals surface area contributed by atoms with Crippen LogP contribution in [0.25, 0.3) is 0 Å². The van der Waals surface area contributed by atoms with E-state index in [1.54, 1.807) is 6.92 Å². The zero-order valence-electron chi connectivity index (χ0n) is 10.1. The summed E-state index contributed by atoms with van der Waals surface area (Å²) in [4.78, 5) is 0. The number of hydrogen-bond donors (Lipinski definition) is 0. The molecule has 8 heteroatoms. The first kappa shape index (κ1) is 14.9. The van der Waals surface area contributed by atoms with Gasteiger partial charge in [0, 0.05) is 19.7 Å². The van der Waals surface area contributed by atoms with Crippen LogP contribution >= 0.6 is 0 Å². The lowest BCUT2D eigenvalue weighted by Gasteiger charge is -2.26. The molecule has 0 saturated carbocycles. The van der Waals surface area contributed by atoms with Crippen LogP contribution in [0, 0.1) is 0 Å². The second-order valence-electron chi connectivity index (χ2n) is 4.06. The summed E-state index contributed by atoms with van der Waals surface area (Å²) in [5, 5.41) is 0. The lowest BCUT2D eigenvalue weighted by molar-refractivity contribution is 0.169. The summed E-state index contributed by atoms with van der Waals surface area (Å²) in [5.74, 6) is -0.0242. The first-order chi connectivity index (χ1) is 7.82. The van der Waals surface area contributed by atoms with Gasteiger partial charge in [-0.1, -0.05) is 0 Å². The van der Waals surface area contributed by atoms with Crippen molar-refractivity contribution in [3.63, 3.8) is 0 Å². The third-order valence-electron chi connectivity index (χ3n) is 2.85. The largest absolute Gasteiger partial charge is 0.383 e. The quantitative estimate of drug-likeness (QED) is 0.655. The van der Waals surface area contributed by atoms with Crippen LogP contribution in [0.5, 0.6) is 0 Å². The molecule has 1 aliphatic rings. The van der Waals surface area contributed by atoms with Gasteiger partial charge < -0.3 is 4.74 Å². The van der Waals surface area contributed by atoms with Crippen molar-refractivity contribution >= 4 is 19.9 Å². The molecule has 0 N–H and O–H groups in total. The predicted molar refractivity (Wildman–Crippen MR) is 65.1 cm³/mol. The van der Waals surface area contributed by atoms with Gasteiger partial charge in [0.2, 0.25) is 10.0 Å². The predicted octanol–water partition coefficient (Wildman–Crippen LogP) is -0.528. The Morgan fingerprint density at radius 1 is 1.41 bits per heavy atom. The Bertz CT molecular complexity index is 442. The molecular formula is C9H19NO5S2. The maximum absolute atomic E-state index is 11.9. The van der Waals surface area contributed by atoms with Crippen LogP contribution in [0.3, 0.4) is 0 Å². The number of rotatable bonds is 6. The lowest BCUT2D eigenvalue weighted by Crippen LogP contribution is -2.43. The summed E-state index contributed by atoms with van der Waals surface area (Å²) in [6.07, 6.45) is 0.380. The van der Waals surface area contributed by atoms with Crippen molar-refractivity contribution in [1.82, 2.24) is 4.31 Å². The van der Waals surface area contributed by atoms with Gasteiger partial charge in [-0.3, -0.25) is 0 Å². The molecule has 17 heavy (non-hydrogen) atoms. The molecular weight excluding hydrogens is 266 g/mol. The van der Waals surface area contributed by atoms with Gasteiger partial charge in [0.25, 0.3) is 0 Å². The molecule has 0 spiro atoms.